The fourth-order valence-electron chi connectivity index (χ4n) is 1.25. The molecule has 14 heavy (non-hydrogen) atoms. The molecule has 1 aromatic carbocycles. The number of carboxylic acid groups (broad SMARTS) is 1. The molecular weight excluding hydrogens is 186 g/mol. The first-order chi connectivity index (χ1) is 6.58. The van der Waals surface area contributed by atoms with E-state index in [2.05, 4.69) is 4.98 Å². The van der Waals surface area contributed by atoms with Crippen LogP contribution in [0.5, 0.6) is 5.75 Å². The number of aromatic nitrogens is 1. The monoisotopic (exact) mass is 193 g/mol. The summed E-state index contributed by atoms with van der Waals surface area (Å²) in [4.78, 5) is 14.6. The quantitative estimate of drug-likeness (QED) is 0.717. The Bertz CT molecular complexity index is 515. The highest BCUT2D eigenvalue weighted by atomic mass is 16.4. The van der Waals surface area contributed by atoms with Gasteiger partial charge in [0.05, 0.1) is 5.56 Å². The van der Waals surface area contributed by atoms with Gasteiger partial charge in [-0.1, -0.05) is 0 Å². The number of carbonyl (C=O) groups is 1. The van der Waals surface area contributed by atoms with Crippen LogP contribution in [0.15, 0.2) is 16.5 Å². The van der Waals surface area contributed by atoms with Crippen LogP contribution in [-0.2, 0) is 0 Å². The Balaban J connectivity index is 2.77. The van der Waals surface area contributed by atoms with Crippen LogP contribution in [-0.4, -0.2) is 21.2 Å². The number of aryl methyl sites for hydroxylation is 1. The number of aromatic hydroxyl groups is 1. The number of nitrogens with zero attached hydrogens (tertiary/aromatic N) is 1. The second kappa shape index (κ2) is 2.73. The SMILES string of the molecule is Cc1nc2cc(C(=O)O)cc(O)c2o1. The number of phenols is 1. The minimum absolute atomic E-state index is 0.0108. The maximum atomic E-state index is 10.6. The van der Waals surface area contributed by atoms with Crippen molar-refractivity contribution >= 4 is 17.1 Å². The van der Waals surface area contributed by atoms with Crippen LogP contribution >= 0.6 is 0 Å². The summed E-state index contributed by atoms with van der Waals surface area (Å²) in [7, 11) is 0. The molecule has 0 atom stereocenters. The summed E-state index contributed by atoms with van der Waals surface area (Å²) in [5.74, 6) is -0.929. The largest absolute Gasteiger partial charge is 0.504 e. The summed E-state index contributed by atoms with van der Waals surface area (Å²) < 4.78 is 5.08. The molecule has 0 saturated heterocycles. The molecule has 0 bridgehead atoms. The van der Waals surface area contributed by atoms with Gasteiger partial charge < -0.3 is 14.6 Å². The van der Waals surface area contributed by atoms with E-state index in [1.807, 2.05) is 0 Å². The van der Waals surface area contributed by atoms with Crippen molar-refractivity contribution in [3.8, 4) is 5.75 Å². The lowest BCUT2D eigenvalue weighted by Crippen LogP contribution is -1.95. The molecule has 0 aliphatic heterocycles. The zero-order chi connectivity index (χ0) is 10.3. The minimum Gasteiger partial charge on any atom is -0.504 e. The number of oxazole rings is 1. The molecule has 0 amide bonds. The van der Waals surface area contributed by atoms with E-state index in [1.54, 1.807) is 6.92 Å². The van der Waals surface area contributed by atoms with Gasteiger partial charge in [-0.05, 0) is 12.1 Å². The molecule has 72 valence electrons. The van der Waals surface area contributed by atoms with Gasteiger partial charge in [-0.25, -0.2) is 9.78 Å². The van der Waals surface area contributed by atoms with Crippen LogP contribution in [0.1, 0.15) is 16.2 Å². The number of hydrogen-bond donors (Lipinski definition) is 2. The average Bonchev–Trinajstić information content (AvgIpc) is 2.45. The van der Waals surface area contributed by atoms with Crippen LogP contribution < -0.4 is 0 Å². The number of aromatic carboxylic acids is 1. The molecular formula is C9H7NO4. The summed E-state index contributed by atoms with van der Waals surface area (Å²) in [6.07, 6.45) is 0. The summed E-state index contributed by atoms with van der Waals surface area (Å²) in [5.41, 5.74) is 0.552. The van der Waals surface area contributed by atoms with E-state index >= 15 is 0 Å². The van der Waals surface area contributed by atoms with Crippen molar-refractivity contribution in [2.45, 2.75) is 6.92 Å². The number of carboxylic acids is 1. The number of hydrogen-bond acceptors (Lipinski definition) is 4. The molecule has 0 aliphatic carbocycles. The van der Waals surface area contributed by atoms with E-state index in [1.165, 1.54) is 6.07 Å². The maximum absolute atomic E-state index is 10.6. The van der Waals surface area contributed by atoms with Crippen LogP contribution in [0, 0.1) is 6.92 Å². The number of rotatable bonds is 1. The van der Waals surface area contributed by atoms with Crippen LogP contribution in [0.4, 0.5) is 0 Å². The molecule has 5 heteroatoms. The number of benzene rings is 1. The highest BCUT2D eigenvalue weighted by Crippen LogP contribution is 2.26. The van der Waals surface area contributed by atoms with E-state index in [0.29, 0.717) is 11.4 Å². The van der Waals surface area contributed by atoms with Gasteiger partial charge in [0.2, 0.25) is 0 Å². The Kier molecular flexibility index (Phi) is 1.67. The van der Waals surface area contributed by atoms with E-state index in [9.17, 15) is 9.90 Å². The van der Waals surface area contributed by atoms with E-state index < -0.39 is 5.97 Å². The normalized spacial score (nSPS) is 10.6. The smallest absolute Gasteiger partial charge is 0.335 e. The van der Waals surface area contributed by atoms with Crippen molar-refractivity contribution in [1.29, 1.82) is 0 Å². The fraction of sp³-hybridized carbons (Fsp3) is 0.111. The van der Waals surface area contributed by atoms with Crippen LogP contribution in [0.2, 0.25) is 0 Å². The summed E-state index contributed by atoms with van der Waals surface area (Å²) >= 11 is 0. The van der Waals surface area contributed by atoms with Gasteiger partial charge in [0.15, 0.2) is 17.2 Å². The molecule has 0 radical (unpaired) electrons. The first-order valence-electron chi connectivity index (χ1n) is 3.91. The first-order valence-corrected chi connectivity index (χ1v) is 3.91. The predicted octanol–water partition coefficient (Wildman–Crippen LogP) is 1.54. The zero-order valence-electron chi connectivity index (χ0n) is 7.31. The lowest BCUT2D eigenvalue weighted by molar-refractivity contribution is 0.0696. The Morgan fingerprint density at radius 2 is 2.21 bits per heavy atom. The summed E-state index contributed by atoms with van der Waals surface area (Å²) in [5, 5.41) is 18.1. The minimum atomic E-state index is -1.11. The standard InChI is InChI=1S/C9H7NO4/c1-4-10-6-2-5(9(12)13)3-7(11)8(6)14-4/h2-3,11H,1H3,(H,12,13). The average molecular weight is 193 g/mol. The lowest BCUT2D eigenvalue weighted by atomic mass is 10.2. The third kappa shape index (κ3) is 1.19. The zero-order valence-corrected chi connectivity index (χ0v) is 7.31. The summed E-state index contributed by atoms with van der Waals surface area (Å²) in [6.45, 7) is 1.62. The highest BCUT2D eigenvalue weighted by molar-refractivity contribution is 5.94. The van der Waals surface area contributed by atoms with Crippen molar-refractivity contribution in [1.82, 2.24) is 4.98 Å². The molecule has 0 fully saturated rings. The van der Waals surface area contributed by atoms with E-state index in [4.69, 9.17) is 9.52 Å². The first kappa shape index (κ1) is 8.55. The lowest BCUT2D eigenvalue weighted by Gasteiger charge is -1.95. The van der Waals surface area contributed by atoms with Crippen LogP contribution in [0.25, 0.3) is 11.1 Å². The van der Waals surface area contributed by atoms with Crippen molar-refractivity contribution in [3.05, 3.63) is 23.6 Å². The molecule has 1 heterocycles. The van der Waals surface area contributed by atoms with Gasteiger partial charge >= 0.3 is 5.97 Å². The Hall–Kier alpha value is -2.04. The second-order valence-electron chi connectivity index (χ2n) is 2.88. The molecule has 2 rings (SSSR count). The Labute approximate surface area is 78.6 Å². The van der Waals surface area contributed by atoms with Crippen molar-refractivity contribution < 1.29 is 19.4 Å². The maximum Gasteiger partial charge on any atom is 0.335 e. The van der Waals surface area contributed by atoms with Gasteiger partial charge in [-0.15, -0.1) is 0 Å². The van der Waals surface area contributed by atoms with Gasteiger partial charge in [0.25, 0.3) is 0 Å². The van der Waals surface area contributed by atoms with E-state index in [0.717, 1.165) is 6.07 Å². The van der Waals surface area contributed by atoms with Crippen molar-refractivity contribution in [2.24, 2.45) is 0 Å². The third-order valence-electron chi connectivity index (χ3n) is 1.82. The molecule has 2 aromatic rings. The second-order valence-corrected chi connectivity index (χ2v) is 2.88. The van der Waals surface area contributed by atoms with Gasteiger partial charge in [-0.2, -0.15) is 0 Å². The summed E-state index contributed by atoms with van der Waals surface area (Å²) in [6, 6.07) is 2.49. The molecule has 1 aromatic heterocycles. The number of phenolic OH excluding ortho intramolecular Hbond substituents is 1. The number of fused-ring (bicyclic) bond motifs is 1. The van der Waals surface area contributed by atoms with Crippen LogP contribution in [0.3, 0.4) is 0 Å². The molecule has 0 unspecified atom stereocenters. The molecule has 5 nitrogen and oxygen atoms in total. The van der Waals surface area contributed by atoms with Gasteiger partial charge in [-0.3, -0.25) is 0 Å². The highest BCUT2D eigenvalue weighted by Gasteiger charge is 2.12. The van der Waals surface area contributed by atoms with E-state index in [-0.39, 0.29) is 16.9 Å². The third-order valence-corrected chi connectivity index (χ3v) is 1.82. The molecule has 0 aliphatic rings. The van der Waals surface area contributed by atoms with Crippen molar-refractivity contribution in [3.63, 3.8) is 0 Å². The molecule has 0 spiro atoms. The van der Waals surface area contributed by atoms with Crippen molar-refractivity contribution in [2.75, 3.05) is 0 Å². The van der Waals surface area contributed by atoms with Gasteiger partial charge in [0, 0.05) is 6.92 Å². The molecule has 0 saturated carbocycles. The fourth-order valence-corrected chi connectivity index (χ4v) is 1.25. The van der Waals surface area contributed by atoms with Gasteiger partial charge in [0.1, 0.15) is 5.52 Å². The molecule has 2 N–H and O–H groups in total. The topological polar surface area (TPSA) is 83.6 Å². The Morgan fingerprint density at radius 1 is 1.50 bits per heavy atom. The Morgan fingerprint density at radius 3 is 2.86 bits per heavy atom. The predicted molar refractivity (Wildman–Crippen MR) is 47.4 cm³/mol.